The fraction of sp³-hybridized carbons (Fsp3) is 0.333. The van der Waals surface area contributed by atoms with Gasteiger partial charge in [-0.05, 0) is 17.7 Å². The van der Waals surface area contributed by atoms with Gasteiger partial charge >= 0.3 is 0 Å². The summed E-state index contributed by atoms with van der Waals surface area (Å²) < 4.78 is 0. The molecule has 2 aliphatic rings. The first-order chi connectivity index (χ1) is 7.30. The highest BCUT2D eigenvalue weighted by Gasteiger charge is 2.37. The average Bonchev–Trinajstić information content (AvgIpc) is 2.58. The average molecular weight is 221 g/mol. The molecule has 2 nitrogen and oxygen atoms in total. The predicted molar refractivity (Wildman–Crippen MR) is 63.6 cm³/mol. The third-order valence-corrected chi connectivity index (χ3v) is 3.49. The Kier molecular flexibility index (Phi) is 2.01. The van der Waals surface area contributed by atoms with Crippen molar-refractivity contribution in [2.45, 2.75) is 5.41 Å². The summed E-state index contributed by atoms with van der Waals surface area (Å²) in [6.07, 6.45) is 4.52. The van der Waals surface area contributed by atoms with Crippen LogP contribution in [0.1, 0.15) is 5.56 Å². The smallest absolute Gasteiger partial charge is 0.0450 e. The molecular formula is C12H13ClN2. The van der Waals surface area contributed by atoms with Crippen LogP contribution in [0.25, 0.3) is 0 Å². The lowest BCUT2D eigenvalue weighted by Gasteiger charge is -2.29. The number of fused-ring (bicyclic) bond motifs is 2. The van der Waals surface area contributed by atoms with Crippen LogP contribution in [-0.2, 0) is 5.41 Å². The minimum Gasteiger partial charge on any atom is -0.383 e. The fourth-order valence-electron chi connectivity index (χ4n) is 2.47. The van der Waals surface area contributed by atoms with Crippen molar-refractivity contribution in [3.63, 3.8) is 0 Å². The molecular weight excluding hydrogens is 208 g/mol. The number of hydrogen-bond donors (Lipinski definition) is 2. The zero-order valence-electron chi connectivity index (χ0n) is 8.39. The van der Waals surface area contributed by atoms with E-state index in [-0.39, 0.29) is 5.41 Å². The number of benzene rings is 1. The quantitative estimate of drug-likeness (QED) is 0.655. The van der Waals surface area contributed by atoms with Crippen molar-refractivity contribution in [3.05, 3.63) is 40.9 Å². The van der Waals surface area contributed by atoms with Crippen LogP contribution in [0.4, 0.5) is 5.69 Å². The summed E-state index contributed by atoms with van der Waals surface area (Å²) >= 11 is 5.98. The molecule has 15 heavy (non-hydrogen) atoms. The van der Waals surface area contributed by atoms with Gasteiger partial charge in [0.2, 0.25) is 0 Å². The number of hydrogen-bond acceptors (Lipinski definition) is 2. The van der Waals surface area contributed by atoms with E-state index < -0.39 is 0 Å². The Morgan fingerprint density at radius 2 is 2.20 bits per heavy atom. The highest BCUT2D eigenvalue weighted by molar-refractivity contribution is 6.30. The number of halogens is 1. The van der Waals surface area contributed by atoms with Crippen molar-refractivity contribution in [2.24, 2.45) is 0 Å². The van der Waals surface area contributed by atoms with Gasteiger partial charge in [-0.2, -0.15) is 0 Å². The van der Waals surface area contributed by atoms with E-state index in [4.69, 9.17) is 11.6 Å². The molecule has 0 saturated heterocycles. The lowest BCUT2D eigenvalue weighted by Crippen LogP contribution is -2.41. The summed E-state index contributed by atoms with van der Waals surface area (Å²) in [6.45, 7) is 2.95. The summed E-state index contributed by atoms with van der Waals surface area (Å²) in [5.41, 5.74) is 2.67. The van der Waals surface area contributed by atoms with Crippen LogP contribution in [0.2, 0.25) is 5.02 Å². The molecule has 0 fully saturated rings. The van der Waals surface area contributed by atoms with Crippen molar-refractivity contribution in [3.8, 4) is 0 Å². The van der Waals surface area contributed by atoms with Gasteiger partial charge in [-0.3, -0.25) is 0 Å². The van der Waals surface area contributed by atoms with Crippen LogP contribution in [-0.4, -0.2) is 19.6 Å². The summed E-state index contributed by atoms with van der Waals surface area (Å²) in [6, 6.07) is 6.11. The molecule has 0 bridgehead atoms. The molecule has 0 aliphatic carbocycles. The van der Waals surface area contributed by atoms with E-state index in [1.54, 1.807) is 0 Å². The minimum atomic E-state index is 0.137. The van der Waals surface area contributed by atoms with Gasteiger partial charge in [0.25, 0.3) is 0 Å². The molecule has 1 atom stereocenters. The van der Waals surface area contributed by atoms with E-state index in [9.17, 15) is 0 Å². The van der Waals surface area contributed by atoms with Gasteiger partial charge in [-0.25, -0.2) is 0 Å². The molecule has 2 N–H and O–H groups in total. The minimum absolute atomic E-state index is 0.137. The molecule has 3 heteroatoms. The predicted octanol–water partition coefficient (Wildman–Crippen LogP) is 2.16. The van der Waals surface area contributed by atoms with Crippen molar-refractivity contribution in [1.82, 2.24) is 5.32 Å². The van der Waals surface area contributed by atoms with Crippen molar-refractivity contribution in [1.29, 1.82) is 0 Å². The zero-order chi connectivity index (χ0) is 10.3. The van der Waals surface area contributed by atoms with Crippen LogP contribution < -0.4 is 10.6 Å². The second-order valence-electron chi connectivity index (χ2n) is 4.23. The van der Waals surface area contributed by atoms with Gasteiger partial charge in [0.1, 0.15) is 0 Å². The molecule has 78 valence electrons. The lowest BCUT2D eigenvalue weighted by molar-refractivity contribution is 0.513. The Bertz CT molecular complexity index is 428. The SMILES string of the molecule is Clc1ccc2c(c1)NC[C@@]21C=CCNC1. The van der Waals surface area contributed by atoms with E-state index in [1.165, 1.54) is 11.3 Å². The Hall–Kier alpha value is -0.990. The molecule has 0 saturated carbocycles. The second-order valence-corrected chi connectivity index (χ2v) is 4.67. The van der Waals surface area contributed by atoms with Crippen molar-refractivity contribution in [2.75, 3.05) is 25.0 Å². The molecule has 0 unspecified atom stereocenters. The van der Waals surface area contributed by atoms with Crippen LogP contribution in [0.15, 0.2) is 30.4 Å². The normalized spacial score (nSPS) is 27.8. The first kappa shape index (κ1) is 9.25. The van der Waals surface area contributed by atoms with Gasteiger partial charge in [0.05, 0.1) is 0 Å². The molecule has 1 spiro atoms. The van der Waals surface area contributed by atoms with Gasteiger partial charge in [0, 0.05) is 35.8 Å². The highest BCUT2D eigenvalue weighted by Crippen LogP contribution is 2.39. The Balaban J connectivity index is 2.11. The number of anilines is 1. The van der Waals surface area contributed by atoms with Crippen LogP contribution in [0.5, 0.6) is 0 Å². The molecule has 0 aromatic heterocycles. The fourth-order valence-corrected chi connectivity index (χ4v) is 2.65. The van der Waals surface area contributed by atoms with Gasteiger partial charge in [-0.1, -0.05) is 29.8 Å². The largest absolute Gasteiger partial charge is 0.383 e. The molecule has 0 radical (unpaired) electrons. The maximum absolute atomic E-state index is 5.98. The molecule has 0 amide bonds. The second kappa shape index (κ2) is 3.26. The molecule has 1 aromatic carbocycles. The Morgan fingerprint density at radius 3 is 3.00 bits per heavy atom. The van der Waals surface area contributed by atoms with Crippen molar-refractivity contribution >= 4 is 17.3 Å². The van der Waals surface area contributed by atoms with E-state index >= 15 is 0 Å². The maximum atomic E-state index is 5.98. The van der Waals surface area contributed by atoms with E-state index in [2.05, 4.69) is 28.9 Å². The topological polar surface area (TPSA) is 24.1 Å². The third kappa shape index (κ3) is 1.36. The molecule has 1 aromatic rings. The van der Waals surface area contributed by atoms with E-state index in [0.717, 1.165) is 24.7 Å². The zero-order valence-corrected chi connectivity index (χ0v) is 9.14. The maximum Gasteiger partial charge on any atom is 0.0450 e. The Morgan fingerprint density at radius 1 is 1.27 bits per heavy atom. The van der Waals surface area contributed by atoms with Gasteiger partial charge < -0.3 is 10.6 Å². The van der Waals surface area contributed by atoms with Crippen molar-refractivity contribution < 1.29 is 0 Å². The third-order valence-electron chi connectivity index (χ3n) is 3.25. The van der Waals surface area contributed by atoms with Gasteiger partial charge in [0.15, 0.2) is 0 Å². The molecule has 2 aliphatic heterocycles. The molecule has 2 heterocycles. The first-order valence-electron chi connectivity index (χ1n) is 5.23. The lowest BCUT2D eigenvalue weighted by atomic mass is 9.80. The standard InChI is InChI=1S/C12H13ClN2/c13-9-2-3-10-11(6-9)15-8-12(10)4-1-5-14-7-12/h1-4,6,14-15H,5,7-8H2/t12-/m0/s1. The highest BCUT2D eigenvalue weighted by atomic mass is 35.5. The summed E-state index contributed by atoms with van der Waals surface area (Å²) in [5.74, 6) is 0. The molecule has 3 rings (SSSR count). The van der Waals surface area contributed by atoms with Crippen LogP contribution in [0.3, 0.4) is 0 Å². The summed E-state index contributed by atoms with van der Waals surface area (Å²) in [5, 5.41) is 7.64. The monoisotopic (exact) mass is 220 g/mol. The Labute approximate surface area is 94.3 Å². The van der Waals surface area contributed by atoms with E-state index in [0.29, 0.717) is 0 Å². The summed E-state index contributed by atoms with van der Waals surface area (Å²) in [7, 11) is 0. The van der Waals surface area contributed by atoms with Gasteiger partial charge in [-0.15, -0.1) is 0 Å². The number of nitrogens with one attached hydrogen (secondary N) is 2. The van der Waals surface area contributed by atoms with E-state index in [1.807, 2.05) is 12.1 Å². The summed E-state index contributed by atoms with van der Waals surface area (Å²) in [4.78, 5) is 0. The number of rotatable bonds is 0. The van der Waals surface area contributed by atoms with Crippen LogP contribution in [0, 0.1) is 0 Å². The first-order valence-corrected chi connectivity index (χ1v) is 5.60. The van der Waals surface area contributed by atoms with Crippen LogP contribution >= 0.6 is 11.6 Å².